The molecule has 2 atom stereocenters. The van der Waals surface area contributed by atoms with Crippen LogP contribution in [0.4, 0.5) is 0 Å². The van der Waals surface area contributed by atoms with E-state index < -0.39 is 5.79 Å². The summed E-state index contributed by atoms with van der Waals surface area (Å²) in [7, 11) is 0. The Balaban J connectivity index is 2.17. The first kappa shape index (κ1) is 7.95. The van der Waals surface area contributed by atoms with E-state index >= 15 is 0 Å². The Morgan fingerprint density at radius 3 is 2.92 bits per heavy atom. The van der Waals surface area contributed by atoms with Gasteiger partial charge in [-0.1, -0.05) is 6.08 Å². The van der Waals surface area contributed by atoms with Gasteiger partial charge in [0.1, 0.15) is 12.4 Å². The van der Waals surface area contributed by atoms with Crippen molar-refractivity contribution in [2.45, 2.75) is 31.8 Å². The molecule has 0 amide bonds. The lowest BCUT2D eigenvalue weighted by atomic mass is 10.2. The molecule has 65 valence electrons. The number of hydrogen-bond acceptors (Lipinski definition) is 3. The molecule has 0 spiro atoms. The second-order valence-corrected chi connectivity index (χ2v) is 3.50. The van der Waals surface area contributed by atoms with E-state index in [2.05, 4.69) is 0 Å². The van der Waals surface area contributed by atoms with E-state index in [-0.39, 0.29) is 12.2 Å². The van der Waals surface area contributed by atoms with Crippen molar-refractivity contribution in [3.63, 3.8) is 0 Å². The minimum Gasteiger partial charge on any atom is -0.344 e. The molecule has 0 unspecified atom stereocenters. The molecular formula is C9H11O3. The van der Waals surface area contributed by atoms with Crippen LogP contribution in [0.15, 0.2) is 11.6 Å². The Labute approximate surface area is 71.3 Å². The minimum absolute atomic E-state index is 0.0693. The lowest BCUT2D eigenvalue weighted by molar-refractivity contribution is -0.142. The van der Waals surface area contributed by atoms with Crippen LogP contribution < -0.4 is 0 Å². The molecule has 1 fully saturated rings. The Morgan fingerprint density at radius 1 is 1.50 bits per heavy atom. The lowest BCUT2D eigenvalue weighted by Gasteiger charge is -2.17. The highest BCUT2D eigenvalue weighted by Gasteiger charge is 2.45. The molecule has 0 aromatic heterocycles. The summed E-state index contributed by atoms with van der Waals surface area (Å²) in [6.45, 7) is 3.70. The van der Waals surface area contributed by atoms with Gasteiger partial charge in [-0.2, -0.15) is 0 Å². The summed E-state index contributed by atoms with van der Waals surface area (Å²) >= 11 is 0. The smallest absolute Gasteiger partial charge is 0.164 e. The highest BCUT2D eigenvalue weighted by atomic mass is 16.8. The second-order valence-electron chi connectivity index (χ2n) is 3.50. The number of aldehydes is 1. The first-order valence-corrected chi connectivity index (χ1v) is 3.98. The quantitative estimate of drug-likeness (QED) is 0.543. The van der Waals surface area contributed by atoms with Crippen molar-refractivity contribution in [2.75, 3.05) is 0 Å². The van der Waals surface area contributed by atoms with Gasteiger partial charge in [-0.15, -0.1) is 0 Å². The highest BCUT2D eigenvalue weighted by molar-refractivity contribution is 5.77. The SMILES string of the molecule is CC1(C)O[C@H]2[CH]C=C(C=O)[C@H]2O1. The van der Waals surface area contributed by atoms with Crippen LogP contribution >= 0.6 is 0 Å². The summed E-state index contributed by atoms with van der Waals surface area (Å²) in [5.41, 5.74) is 0.672. The fourth-order valence-corrected chi connectivity index (χ4v) is 1.60. The summed E-state index contributed by atoms with van der Waals surface area (Å²) in [5.74, 6) is -0.561. The van der Waals surface area contributed by atoms with Gasteiger partial charge in [0.15, 0.2) is 5.79 Å². The Morgan fingerprint density at radius 2 is 2.25 bits per heavy atom. The highest BCUT2D eigenvalue weighted by Crippen LogP contribution is 2.36. The van der Waals surface area contributed by atoms with Gasteiger partial charge in [0, 0.05) is 12.0 Å². The van der Waals surface area contributed by atoms with Crippen LogP contribution in [0.25, 0.3) is 0 Å². The predicted molar refractivity (Wildman–Crippen MR) is 42.3 cm³/mol. The van der Waals surface area contributed by atoms with Crippen molar-refractivity contribution >= 4 is 6.29 Å². The summed E-state index contributed by atoms with van der Waals surface area (Å²) in [6, 6.07) is 0. The van der Waals surface area contributed by atoms with E-state index in [0.717, 1.165) is 6.29 Å². The van der Waals surface area contributed by atoms with Crippen molar-refractivity contribution in [3.05, 3.63) is 18.1 Å². The zero-order chi connectivity index (χ0) is 8.77. The van der Waals surface area contributed by atoms with E-state index in [4.69, 9.17) is 9.47 Å². The van der Waals surface area contributed by atoms with Crippen LogP contribution in [0, 0.1) is 6.42 Å². The third-order valence-corrected chi connectivity index (χ3v) is 2.07. The molecule has 3 nitrogen and oxygen atoms in total. The van der Waals surface area contributed by atoms with Gasteiger partial charge in [0.05, 0.1) is 6.10 Å². The Kier molecular flexibility index (Phi) is 1.59. The van der Waals surface area contributed by atoms with Crippen LogP contribution in [0.5, 0.6) is 0 Å². The normalized spacial score (nSPS) is 37.7. The average molecular weight is 167 g/mol. The molecule has 1 saturated heterocycles. The van der Waals surface area contributed by atoms with Gasteiger partial charge < -0.3 is 9.47 Å². The molecule has 12 heavy (non-hydrogen) atoms. The molecular weight excluding hydrogens is 156 g/mol. The second kappa shape index (κ2) is 2.41. The van der Waals surface area contributed by atoms with Crippen molar-refractivity contribution in [3.8, 4) is 0 Å². The molecule has 2 aliphatic rings. The largest absolute Gasteiger partial charge is 0.344 e. The van der Waals surface area contributed by atoms with Gasteiger partial charge >= 0.3 is 0 Å². The molecule has 3 heteroatoms. The topological polar surface area (TPSA) is 35.5 Å². The zero-order valence-electron chi connectivity index (χ0n) is 7.11. The van der Waals surface area contributed by atoms with Gasteiger partial charge in [-0.3, -0.25) is 4.79 Å². The number of carbonyl (C=O) groups is 1. The van der Waals surface area contributed by atoms with Crippen LogP contribution in [0.2, 0.25) is 0 Å². The van der Waals surface area contributed by atoms with Crippen LogP contribution in [0.1, 0.15) is 13.8 Å². The molecule has 0 saturated carbocycles. The number of fused-ring (bicyclic) bond motifs is 1. The molecule has 1 heterocycles. The van der Waals surface area contributed by atoms with E-state index in [0.29, 0.717) is 5.57 Å². The summed E-state index contributed by atoms with van der Waals surface area (Å²) < 4.78 is 11.0. The summed E-state index contributed by atoms with van der Waals surface area (Å²) in [4.78, 5) is 10.5. The van der Waals surface area contributed by atoms with Crippen molar-refractivity contribution < 1.29 is 14.3 Å². The first-order chi connectivity index (χ1) is 5.62. The van der Waals surface area contributed by atoms with Crippen molar-refractivity contribution in [1.29, 1.82) is 0 Å². The van der Waals surface area contributed by atoms with Crippen LogP contribution in [0.3, 0.4) is 0 Å². The fourth-order valence-electron chi connectivity index (χ4n) is 1.60. The van der Waals surface area contributed by atoms with Gasteiger partial charge in [-0.05, 0) is 13.8 Å². The maximum Gasteiger partial charge on any atom is 0.164 e. The number of hydrogen-bond donors (Lipinski definition) is 0. The molecule has 0 aromatic carbocycles. The lowest BCUT2D eigenvalue weighted by Crippen LogP contribution is -2.22. The monoisotopic (exact) mass is 167 g/mol. The maximum atomic E-state index is 10.5. The van der Waals surface area contributed by atoms with Crippen molar-refractivity contribution in [2.24, 2.45) is 0 Å². The number of ether oxygens (including phenoxy) is 2. The Bertz CT molecular complexity index is 242. The van der Waals surface area contributed by atoms with Gasteiger partial charge in [0.2, 0.25) is 0 Å². The molecule has 1 radical (unpaired) electrons. The molecule has 1 aliphatic carbocycles. The first-order valence-electron chi connectivity index (χ1n) is 3.98. The standard InChI is InChI=1S/C9H11O3/c1-9(2)11-7-4-3-6(5-10)8(7)12-9/h3-5,7-8H,1-2H3/t7-,8+/m0/s1. The van der Waals surface area contributed by atoms with E-state index in [1.165, 1.54) is 0 Å². The molecule has 0 N–H and O–H groups in total. The van der Waals surface area contributed by atoms with Gasteiger partial charge in [-0.25, -0.2) is 0 Å². The van der Waals surface area contributed by atoms with E-state index in [1.807, 2.05) is 20.3 Å². The Hall–Kier alpha value is -0.670. The van der Waals surface area contributed by atoms with Crippen LogP contribution in [-0.2, 0) is 14.3 Å². The molecule has 0 bridgehead atoms. The zero-order valence-corrected chi connectivity index (χ0v) is 7.11. The molecule has 1 aliphatic heterocycles. The third-order valence-electron chi connectivity index (χ3n) is 2.07. The minimum atomic E-state index is -0.561. The molecule has 0 aromatic rings. The van der Waals surface area contributed by atoms with E-state index in [1.54, 1.807) is 6.08 Å². The van der Waals surface area contributed by atoms with Crippen LogP contribution in [-0.4, -0.2) is 24.3 Å². The number of carbonyl (C=O) groups excluding carboxylic acids is 1. The van der Waals surface area contributed by atoms with Gasteiger partial charge in [0.25, 0.3) is 0 Å². The summed E-state index contributed by atoms with van der Waals surface area (Å²) in [5, 5.41) is 0. The third kappa shape index (κ3) is 1.09. The van der Waals surface area contributed by atoms with E-state index in [9.17, 15) is 4.79 Å². The maximum absolute atomic E-state index is 10.5. The average Bonchev–Trinajstić information content (AvgIpc) is 2.42. The predicted octanol–water partition coefficient (Wildman–Crippen LogP) is 0.850. The fraction of sp³-hybridized carbons (Fsp3) is 0.556. The number of rotatable bonds is 1. The summed E-state index contributed by atoms with van der Waals surface area (Å²) in [6.07, 6.45) is 4.20. The van der Waals surface area contributed by atoms with Crippen molar-refractivity contribution in [1.82, 2.24) is 0 Å². The molecule has 2 rings (SSSR count).